The molecule has 6 nitrogen and oxygen atoms in total. The predicted molar refractivity (Wildman–Crippen MR) is 111 cm³/mol. The normalized spacial score (nSPS) is 16.0. The summed E-state index contributed by atoms with van der Waals surface area (Å²) in [6, 6.07) is 16.2. The summed E-state index contributed by atoms with van der Waals surface area (Å²) in [6.07, 6.45) is 3.12. The van der Waals surface area contributed by atoms with Crippen LogP contribution in [0.25, 0.3) is 17.0 Å². The smallest absolute Gasteiger partial charge is 0.270 e. The number of thiocarbonyl (C=S) groups is 1. The van der Waals surface area contributed by atoms with E-state index in [0.717, 1.165) is 5.39 Å². The van der Waals surface area contributed by atoms with Crippen molar-refractivity contribution in [3.8, 4) is 0 Å². The molecule has 138 valence electrons. The molecule has 1 N–H and O–H groups in total. The minimum atomic E-state index is -0.568. The standard InChI is InChI=1S/C21H15N3O3S/c1-13(25)23-12-14(16-9-5-6-10-18(16)23)11-17-19(26)22-21(28)24(20(17)27)15-7-3-2-4-8-15/h2-12H,1H3,(H,22,26,28)/b17-11+. The molecule has 0 atom stereocenters. The number of aromatic nitrogens is 1. The molecule has 0 unspecified atom stereocenters. The third-order valence-corrected chi connectivity index (χ3v) is 4.78. The number of hydrogen-bond acceptors (Lipinski definition) is 4. The van der Waals surface area contributed by atoms with Gasteiger partial charge in [-0.25, -0.2) is 0 Å². The van der Waals surface area contributed by atoms with E-state index in [1.54, 1.807) is 30.5 Å². The Morgan fingerprint density at radius 2 is 1.71 bits per heavy atom. The van der Waals surface area contributed by atoms with Crippen molar-refractivity contribution in [2.24, 2.45) is 0 Å². The minimum absolute atomic E-state index is 0.0320. The molecule has 7 heteroatoms. The van der Waals surface area contributed by atoms with Crippen molar-refractivity contribution >= 4 is 57.7 Å². The fraction of sp³-hybridized carbons (Fsp3) is 0.0476. The van der Waals surface area contributed by atoms with Crippen molar-refractivity contribution in [1.29, 1.82) is 0 Å². The van der Waals surface area contributed by atoms with Crippen LogP contribution in [0.15, 0.2) is 66.4 Å². The van der Waals surface area contributed by atoms with Gasteiger partial charge in [-0.3, -0.25) is 29.2 Å². The zero-order chi connectivity index (χ0) is 19.8. The number of para-hydroxylation sites is 2. The van der Waals surface area contributed by atoms with Gasteiger partial charge in [-0.15, -0.1) is 0 Å². The Morgan fingerprint density at radius 3 is 2.43 bits per heavy atom. The van der Waals surface area contributed by atoms with Gasteiger partial charge in [0, 0.05) is 24.1 Å². The average molecular weight is 389 g/mol. The number of nitrogens with one attached hydrogen (secondary N) is 1. The molecule has 0 saturated carbocycles. The number of carbonyl (C=O) groups excluding carboxylic acids is 3. The number of anilines is 1. The molecule has 2 amide bonds. The summed E-state index contributed by atoms with van der Waals surface area (Å²) in [5, 5.41) is 3.36. The molecule has 1 aromatic heterocycles. The molecule has 1 aliphatic heterocycles. The van der Waals surface area contributed by atoms with Crippen molar-refractivity contribution in [2.75, 3.05) is 4.90 Å². The van der Waals surface area contributed by atoms with Gasteiger partial charge in [0.2, 0.25) is 5.91 Å². The molecule has 1 saturated heterocycles. The van der Waals surface area contributed by atoms with Crippen LogP contribution < -0.4 is 10.2 Å². The number of rotatable bonds is 2. The first-order chi connectivity index (χ1) is 13.5. The molecule has 0 bridgehead atoms. The van der Waals surface area contributed by atoms with Gasteiger partial charge in [0.15, 0.2) is 5.11 Å². The van der Waals surface area contributed by atoms with E-state index < -0.39 is 11.8 Å². The fourth-order valence-electron chi connectivity index (χ4n) is 3.21. The highest BCUT2D eigenvalue weighted by atomic mass is 32.1. The van der Waals surface area contributed by atoms with Gasteiger partial charge in [0.05, 0.1) is 11.2 Å². The molecule has 0 radical (unpaired) electrons. The van der Waals surface area contributed by atoms with Gasteiger partial charge < -0.3 is 0 Å². The van der Waals surface area contributed by atoms with Crippen LogP contribution in [0.5, 0.6) is 0 Å². The number of amides is 2. The topological polar surface area (TPSA) is 71.4 Å². The molecular weight excluding hydrogens is 374 g/mol. The van der Waals surface area contributed by atoms with E-state index in [1.807, 2.05) is 30.3 Å². The van der Waals surface area contributed by atoms with E-state index in [2.05, 4.69) is 5.32 Å². The van der Waals surface area contributed by atoms with Crippen LogP contribution in [0.1, 0.15) is 17.3 Å². The maximum Gasteiger partial charge on any atom is 0.270 e. The predicted octanol–water partition coefficient (Wildman–Crippen LogP) is 3.13. The Morgan fingerprint density at radius 1 is 1.04 bits per heavy atom. The van der Waals surface area contributed by atoms with Gasteiger partial charge in [-0.1, -0.05) is 36.4 Å². The number of benzene rings is 2. The largest absolute Gasteiger partial charge is 0.298 e. The second kappa shape index (κ2) is 6.86. The van der Waals surface area contributed by atoms with Crippen LogP contribution in [0.2, 0.25) is 0 Å². The first-order valence-corrected chi connectivity index (χ1v) is 8.96. The Labute approximate surface area is 166 Å². The zero-order valence-corrected chi connectivity index (χ0v) is 15.7. The quantitative estimate of drug-likeness (QED) is 0.415. The van der Waals surface area contributed by atoms with E-state index in [9.17, 15) is 14.4 Å². The summed E-state index contributed by atoms with van der Waals surface area (Å²) in [7, 11) is 0. The lowest BCUT2D eigenvalue weighted by Crippen LogP contribution is -2.54. The SMILES string of the molecule is CC(=O)n1cc(/C=C2\C(=O)NC(=S)N(c3ccccc3)C2=O)c2ccccc21. The maximum absolute atomic E-state index is 13.1. The summed E-state index contributed by atoms with van der Waals surface area (Å²) in [4.78, 5) is 38.8. The summed E-state index contributed by atoms with van der Waals surface area (Å²) in [5.74, 6) is -1.24. The monoisotopic (exact) mass is 389 g/mol. The van der Waals surface area contributed by atoms with Crippen molar-refractivity contribution < 1.29 is 14.4 Å². The van der Waals surface area contributed by atoms with Crippen molar-refractivity contribution in [2.45, 2.75) is 6.92 Å². The van der Waals surface area contributed by atoms with Crippen LogP contribution in [-0.2, 0) is 9.59 Å². The Hall–Kier alpha value is -3.58. The van der Waals surface area contributed by atoms with Crippen LogP contribution in [0, 0.1) is 0 Å². The van der Waals surface area contributed by atoms with E-state index in [-0.39, 0.29) is 16.6 Å². The molecule has 4 rings (SSSR count). The Kier molecular flexibility index (Phi) is 4.37. The highest BCUT2D eigenvalue weighted by Gasteiger charge is 2.34. The van der Waals surface area contributed by atoms with Gasteiger partial charge >= 0.3 is 0 Å². The molecule has 0 spiro atoms. The first kappa shape index (κ1) is 17.8. The van der Waals surface area contributed by atoms with E-state index in [0.29, 0.717) is 16.8 Å². The van der Waals surface area contributed by atoms with Crippen LogP contribution in [-0.4, -0.2) is 27.4 Å². The molecule has 2 heterocycles. The number of carbonyl (C=O) groups is 3. The highest BCUT2D eigenvalue weighted by molar-refractivity contribution is 7.80. The van der Waals surface area contributed by atoms with Crippen molar-refractivity contribution in [1.82, 2.24) is 9.88 Å². The highest BCUT2D eigenvalue weighted by Crippen LogP contribution is 2.26. The lowest BCUT2D eigenvalue weighted by atomic mass is 10.1. The summed E-state index contributed by atoms with van der Waals surface area (Å²) < 4.78 is 1.49. The number of nitrogens with zero attached hydrogens (tertiary/aromatic N) is 2. The molecule has 0 aliphatic carbocycles. The summed E-state index contributed by atoms with van der Waals surface area (Å²) in [5.41, 5.74) is 1.82. The van der Waals surface area contributed by atoms with Crippen LogP contribution >= 0.6 is 12.2 Å². The second-order valence-electron chi connectivity index (χ2n) is 6.28. The Balaban J connectivity index is 1.84. The van der Waals surface area contributed by atoms with Crippen LogP contribution in [0.3, 0.4) is 0 Å². The molecule has 3 aromatic rings. The van der Waals surface area contributed by atoms with Gasteiger partial charge in [-0.05, 0) is 36.5 Å². The zero-order valence-electron chi connectivity index (χ0n) is 14.9. The van der Waals surface area contributed by atoms with Crippen LogP contribution in [0.4, 0.5) is 5.69 Å². The van der Waals surface area contributed by atoms with E-state index >= 15 is 0 Å². The van der Waals surface area contributed by atoms with E-state index in [4.69, 9.17) is 12.2 Å². The van der Waals surface area contributed by atoms with Crippen molar-refractivity contribution in [3.05, 3.63) is 71.9 Å². The van der Waals surface area contributed by atoms with Gasteiger partial charge in [-0.2, -0.15) is 0 Å². The second-order valence-corrected chi connectivity index (χ2v) is 6.67. The molecule has 2 aromatic carbocycles. The molecule has 1 aliphatic rings. The van der Waals surface area contributed by atoms with Crippen molar-refractivity contribution in [3.63, 3.8) is 0 Å². The maximum atomic E-state index is 13.1. The fourth-order valence-corrected chi connectivity index (χ4v) is 3.49. The lowest BCUT2D eigenvalue weighted by Gasteiger charge is -2.28. The van der Waals surface area contributed by atoms with Gasteiger partial charge in [0.1, 0.15) is 5.57 Å². The number of fused-ring (bicyclic) bond motifs is 1. The third-order valence-electron chi connectivity index (χ3n) is 4.50. The number of hydrogen-bond donors (Lipinski definition) is 1. The molecular formula is C21H15N3O3S. The lowest BCUT2D eigenvalue weighted by molar-refractivity contribution is -0.122. The Bertz CT molecular complexity index is 1180. The summed E-state index contributed by atoms with van der Waals surface area (Å²) >= 11 is 5.19. The first-order valence-electron chi connectivity index (χ1n) is 8.55. The van der Waals surface area contributed by atoms with E-state index in [1.165, 1.54) is 22.5 Å². The minimum Gasteiger partial charge on any atom is -0.298 e. The average Bonchev–Trinajstić information content (AvgIpc) is 3.05. The summed E-state index contributed by atoms with van der Waals surface area (Å²) in [6.45, 7) is 1.46. The molecule has 1 fully saturated rings. The molecule has 28 heavy (non-hydrogen) atoms. The van der Waals surface area contributed by atoms with Gasteiger partial charge in [0.25, 0.3) is 11.8 Å². The third kappa shape index (κ3) is 2.91.